The highest BCUT2D eigenvalue weighted by Gasteiger charge is 2.28. The van der Waals surface area contributed by atoms with Crippen LogP contribution in [0.15, 0.2) is 12.1 Å². The highest BCUT2D eigenvalue weighted by molar-refractivity contribution is 5.22. The first-order valence-corrected chi connectivity index (χ1v) is 4.98. The number of aryl methyl sites for hydroxylation is 2. The van der Waals surface area contributed by atoms with Crippen molar-refractivity contribution in [3.63, 3.8) is 0 Å². The van der Waals surface area contributed by atoms with Crippen LogP contribution in [0.4, 0.5) is 13.2 Å². The minimum Gasteiger partial charge on any atom is -0.388 e. The van der Waals surface area contributed by atoms with Crippen molar-refractivity contribution in [2.24, 2.45) is 0 Å². The maximum absolute atomic E-state index is 12.0. The first-order chi connectivity index (χ1) is 7.28. The molecule has 0 aliphatic heterocycles. The van der Waals surface area contributed by atoms with Crippen LogP contribution in [0.25, 0.3) is 0 Å². The van der Waals surface area contributed by atoms with E-state index in [1.165, 1.54) is 0 Å². The summed E-state index contributed by atoms with van der Waals surface area (Å²) in [6, 6.07) is 3.21. The van der Waals surface area contributed by atoms with E-state index in [4.69, 9.17) is 0 Å². The summed E-state index contributed by atoms with van der Waals surface area (Å²) in [6.45, 7) is 3.49. The number of hydrogen-bond acceptors (Lipinski definition) is 2. The van der Waals surface area contributed by atoms with E-state index in [2.05, 4.69) is 4.98 Å². The fourth-order valence-electron chi connectivity index (χ4n) is 1.53. The number of halogens is 3. The lowest BCUT2D eigenvalue weighted by atomic mass is 10.0. The molecule has 0 radical (unpaired) electrons. The quantitative estimate of drug-likeness (QED) is 0.870. The van der Waals surface area contributed by atoms with Gasteiger partial charge in [0.05, 0.1) is 6.10 Å². The van der Waals surface area contributed by atoms with Crippen LogP contribution in [-0.2, 0) is 0 Å². The average molecular weight is 233 g/mol. The van der Waals surface area contributed by atoms with E-state index in [0.29, 0.717) is 17.0 Å². The van der Waals surface area contributed by atoms with Crippen molar-refractivity contribution in [3.05, 3.63) is 29.1 Å². The molecule has 1 aromatic rings. The number of aromatic nitrogens is 1. The Morgan fingerprint density at radius 2 is 1.75 bits per heavy atom. The SMILES string of the molecule is Cc1cc(C(O)CCC(F)(F)F)cc(C)n1. The van der Waals surface area contributed by atoms with Gasteiger partial charge in [0, 0.05) is 17.8 Å². The van der Waals surface area contributed by atoms with E-state index >= 15 is 0 Å². The van der Waals surface area contributed by atoms with Crippen molar-refractivity contribution >= 4 is 0 Å². The number of pyridine rings is 1. The summed E-state index contributed by atoms with van der Waals surface area (Å²) < 4.78 is 35.9. The molecule has 0 aliphatic rings. The van der Waals surface area contributed by atoms with E-state index in [1.807, 2.05) is 0 Å². The molecule has 1 heterocycles. The molecule has 0 spiro atoms. The fourth-order valence-corrected chi connectivity index (χ4v) is 1.53. The van der Waals surface area contributed by atoms with Crippen LogP contribution >= 0.6 is 0 Å². The van der Waals surface area contributed by atoms with Gasteiger partial charge in [-0.1, -0.05) is 0 Å². The number of alkyl halides is 3. The summed E-state index contributed by atoms with van der Waals surface area (Å²) >= 11 is 0. The molecular formula is C11H14F3NO. The Hall–Kier alpha value is -1.10. The van der Waals surface area contributed by atoms with Crippen LogP contribution in [-0.4, -0.2) is 16.3 Å². The lowest BCUT2D eigenvalue weighted by Gasteiger charge is -2.13. The first kappa shape index (κ1) is 13.0. The zero-order chi connectivity index (χ0) is 12.3. The van der Waals surface area contributed by atoms with Gasteiger partial charge < -0.3 is 5.11 Å². The van der Waals surface area contributed by atoms with Crippen molar-refractivity contribution in [1.82, 2.24) is 4.98 Å². The molecule has 0 bridgehead atoms. The highest BCUT2D eigenvalue weighted by atomic mass is 19.4. The molecule has 1 aromatic heterocycles. The van der Waals surface area contributed by atoms with Gasteiger partial charge in [0.15, 0.2) is 0 Å². The van der Waals surface area contributed by atoms with Gasteiger partial charge in [-0.15, -0.1) is 0 Å². The third-order valence-electron chi connectivity index (χ3n) is 2.19. The second-order valence-electron chi connectivity index (χ2n) is 3.85. The van der Waals surface area contributed by atoms with Gasteiger partial charge in [0.1, 0.15) is 0 Å². The topological polar surface area (TPSA) is 33.1 Å². The lowest BCUT2D eigenvalue weighted by Crippen LogP contribution is -2.10. The summed E-state index contributed by atoms with van der Waals surface area (Å²) in [5, 5.41) is 9.60. The number of hydrogen-bond donors (Lipinski definition) is 1. The summed E-state index contributed by atoms with van der Waals surface area (Å²) in [5.41, 5.74) is 1.89. The molecular weight excluding hydrogens is 219 g/mol. The van der Waals surface area contributed by atoms with Crippen molar-refractivity contribution in [1.29, 1.82) is 0 Å². The Bertz CT molecular complexity index is 342. The number of nitrogens with zero attached hydrogens (tertiary/aromatic N) is 1. The van der Waals surface area contributed by atoms with Crippen LogP contribution < -0.4 is 0 Å². The van der Waals surface area contributed by atoms with E-state index in [-0.39, 0.29) is 6.42 Å². The molecule has 0 aromatic carbocycles. The molecule has 1 rings (SSSR count). The monoisotopic (exact) mass is 233 g/mol. The molecule has 0 aliphatic carbocycles. The van der Waals surface area contributed by atoms with Crippen molar-refractivity contribution in [3.8, 4) is 0 Å². The third-order valence-corrected chi connectivity index (χ3v) is 2.19. The second kappa shape index (κ2) is 4.82. The maximum atomic E-state index is 12.0. The van der Waals surface area contributed by atoms with Gasteiger partial charge in [-0.25, -0.2) is 0 Å². The maximum Gasteiger partial charge on any atom is 0.389 e. The molecule has 1 atom stereocenters. The zero-order valence-corrected chi connectivity index (χ0v) is 9.17. The second-order valence-corrected chi connectivity index (χ2v) is 3.85. The van der Waals surface area contributed by atoms with Gasteiger partial charge in [-0.2, -0.15) is 13.2 Å². The van der Waals surface area contributed by atoms with Crippen molar-refractivity contribution in [2.75, 3.05) is 0 Å². The van der Waals surface area contributed by atoms with E-state index in [0.717, 1.165) is 0 Å². The molecule has 1 unspecified atom stereocenters. The van der Waals surface area contributed by atoms with Crippen LogP contribution in [0, 0.1) is 13.8 Å². The minimum atomic E-state index is -4.22. The van der Waals surface area contributed by atoms with Crippen LogP contribution in [0.1, 0.15) is 35.9 Å². The number of rotatable bonds is 3. The fraction of sp³-hybridized carbons (Fsp3) is 0.545. The normalized spacial score (nSPS) is 13.9. The van der Waals surface area contributed by atoms with E-state index in [9.17, 15) is 18.3 Å². The van der Waals surface area contributed by atoms with Crippen LogP contribution in [0.5, 0.6) is 0 Å². The summed E-state index contributed by atoms with van der Waals surface area (Å²) in [6.07, 6.45) is -6.60. The van der Waals surface area contributed by atoms with Crippen LogP contribution in [0.2, 0.25) is 0 Å². The molecule has 16 heavy (non-hydrogen) atoms. The highest BCUT2D eigenvalue weighted by Crippen LogP contribution is 2.27. The third kappa shape index (κ3) is 4.18. The van der Waals surface area contributed by atoms with Gasteiger partial charge in [-0.05, 0) is 38.0 Å². The Morgan fingerprint density at radius 1 is 1.25 bits per heavy atom. The largest absolute Gasteiger partial charge is 0.389 e. The molecule has 0 amide bonds. The molecule has 0 fully saturated rings. The molecule has 90 valence electrons. The molecule has 5 heteroatoms. The summed E-state index contributed by atoms with van der Waals surface area (Å²) in [5.74, 6) is 0. The Kier molecular flexibility index (Phi) is 3.91. The summed E-state index contributed by atoms with van der Waals surface area (Å²) in [4.78, 5) is 4.09. The van der Waals surface area contributed by atoms with Gasteiger partial charge in [0.2, 0.25) is 0 Å². The Labute approximate surface area is 92.1 Å². The van der Waals surface area contributed by atoms with E-state index in [1.54, 1.807) is 26.0 Å². The number of aliphatic hydroxyl groups excluding tert-OH is 1. The lowest BCUT2D eigenvalue weighted by molar-refractivity contribution is -0.140. The van der Waals surface area contributed by atoms with Crippen molar-refractivity contribution in [2.45, 2.75) is 39.0 Å². The standard InChI is InChI=1S/C11H14F3NO/c1-7-5-9(6-8(2)15-7)10(16)3-4-11(12,13)14/h5-6,10,16H,3-4H2,1-2H3. The predicted molar refractivity (Wildman–Crippen MR) is 54.0 cm³/mol. The molecule has 0 saturated heterocycles. The Balaban J connectivity index is 2.69. The smallest absolute Gasteiger partial charge is 0.388 e. The minimum absolute atomic E-state index is 0.313. The predicted octanol–water partition coefficient (Wildman–Crippen LogP) is 3.07. The van der Waals surface area contributed by atoms with Crippen LogP contribution in [0.3, 0.4) is 0 Å². The van der Waals surface area contributed by atoms with Gasteiger partial charge in [-0.3, -0.25) is 4.98 Å². The van der Waals surface area contributed by atoms with Gasteiger partial charge in [0.25, 0.3) is 0 Å². The van der Waals surface area contributed by atoms with Crippen molar-refractivity contribution < 1.29 is 18.3 Å². The zero-order valence-electron chi connectivity index (χ0n) is 9.17. The number of aliphatic hydroxyl groups is 1. The average Bonchev–Trinajstić information content (AvgIpc) is 2.11. The molecule has 0 saturated carbocycles. The van der Waals surface area contributed by atoms with E-state index < -0.39 is 18.7 Å². The molecule has 2 nitrogen and oxygen atoms in total. The van der Waals surface area contributed by atoms with Gasteiger partial charge >= 0.3 is 6.18 Å². The Morgan fingerprint density at radius 3 is 2.19 bits per heavy atom. The first-order valence-electron chi connectivity index (χ1n) is 4.98. The molecule has 1 N–H and O–H groups in total. The summed E-state index contributed by atoms with van der Waals surface area (Å²) in [7, 11) is 0.